The van der Waals surface area contributed by atoms with Gasteiger partial charge in [-0.15, -0.1) is 34.0 Å². The van der Waals surface area contributed by atoms with Crippen LogP contribution in [0.5, 0.6) is 0 Å². The number of hydrogen-bond acceptors (Lipinski definition) is 9. The lowest BCUT2D eigenvalue weighted by Crippen LogP contribution is -1.76. The van der Waals surface area contributed by atoms with E-state index in [-0.39, 0.29) is 0 Å². The maximum Gasteiger partial charge on any atom is 0.138 e. The van der Waals surface area contributed by atoms with Crippen molar-refractivity contribution in [3.8, 4) is 0 Å². The standard InChI is InChI=1S/6C14H12O.3C14H12S/c1-9-3-5-11-12-6-4-10(2)8-14(12)15-13(11)7-9;1-9-5-3-7-11-13(9)14-10(2)6-4-8-12(14)15-11;1-9-6-7-12-11(8-9)14-10(2)4-3-5-13(14)15-12;1-9-6-7-11-13(8-9)15-12-5-3-4-10(2)14(11)12;1-9-6-7-11-12-5-3-4-10(2)14(12)15-13(11)8-9;1-9-6-7-13-12(8-9)11-5-3-4-10(2)14(11)15-13;1-9-5-4-8-12-13(9)11-7-3-6-10(2)14(11)15-12;1-9-5-3-7-11-12-8-4-6-10(2)14(12)15-13(9)11;1-9-6-7-11-12-5-3-4-10(2)14(12)15-13(11)8-9/h9*3-8H,1-2H3. The lowest BCUT2D eigenvalue weighted by Gasteiger charge is -1.97. The average Bonchev–Trinajstić information content (AvgIpc) is 1.62. The normalized spacial score (nSPS) is 11.3. The first kappa shape index (κ1) is 89.6. The predicted octanol–water partition coefficient (Wildman–Crippen LogP) is 39.2. The maximum absolute atomic E-state index is 5.86. The molecule has 0 radical (unpaired) electrons. The molecule has 0 atom stereocenters. The third kappa shape index (κ3) is 18.0. The van der Waals surface area contributed by atoms with Gasteiger partial charge in [0.2, 0.25) is 0 Å². The van der Waals surface area contributed by atoms with Crippen LogP contribution >= 0.6 is 34.0 Å². The molecule has 0 N–H and O–H groups in total. The topological polar surface area (TPSA) is 78.8 Å². The number of para-hydroxylation sites is 2. The minimum absolute atomic E-state index is 0.977. The number of benzene rings is 18. The summed E-state index contributed by atoms with van der Waals surface area (Å²) in [5.41, 5.74) is 35.1. The van der Waals surface area contributed by atoms with Crippen LogP contribution in [0.1, 0.15) is 100 Å². The molecule has 27 rings (SSSR count). The number of rotatable bonds is 0. The Bertz CT molecular complexity index is 8800. The van der Waals surface area contributed by atoms with Crippen molar-refractivity contribution in [3.63, 3.8) is 0 Å². The highest BCUT2D eigenvalue weighted by atomic mass is 32.1. The van der Waals surface area contributed by atoms with Crippen molar-refractivity contribution in [2.24, 2.45) is 0 Å². The summed E-state index contributed by atoms with van der Waals surface area (Å²) in [5.74, 6) is 0. The second-order valence-corrected chi connectivity index (χ2v) is 39.5. The Balaban J connectivity index is 0.0000000975. The first-order valence-electron chi connectivity index (χ1n) is 46.3. The fourth-order valence-corrected chi connectivity index (χ4v) is 22.6. The van der Waals surface area contributed by atoms with Gasteiger partial charge in [-0.2, -0.15) is 0 Å². The van der Waals surface area contributed by atoms with Gasteiger partial charge < -0.3 is 26.5 Å². The van der Waals surface area contributed by atoms with E-state index in [1.165, 1.54) is 225 Å². The largest absolute Gasteiger partial charge is 0.456 e. The van der Waals surface area contributed by atoms with Gasteiger partial charge in [-0.3, -0.25) is 0 Å². The van der Waals surface area contributed by atoms with E-state index < -0.39 is 0 Å². The zero-order chi connectivity index (χ0) is 93.7. The Morgan fingerprint density at radius 3 is 0.904 bits per heavy atom. The molecule has 0 amide bonds. The SMILES string of the molecule is Cc1ccc2c(c1)oc1c(C)cccc12.Cc1ccc2c(c1)oc1cc(C)ccc12.Cc1ccc2c(c1)oc1cccc(C)c12.Cc1ccc2c(c1)sc1c(C)cccc12.Cc1ccc2oc3c(C)cccc3c2c1.Cc1ccc2oc3cccc(C)c3c2c1.Cc1cccc2c1sc1c(C)cccc12.Cc1cccc2c1sc1cccc(C)c12.Cc1cccc2oc3cccc(C)c3c12. The van der Waals surface area contributed by atoms with Crippen LogP contribution in [0.25, 0.3) is 192 Å². The van der Waals surface area contributed by atoms with Crippen LogP contribution in [-0.4, -0.2) is 0 Å². The highest BCUT2D eigenvalue weighted by Crippen LogP contribution is 2.43. The van der Waals surface area contributed by atoms with Crippen molar-refractivity contribution < 1.29 is 26.5 Å². The molecule has 9 heterocycles. The molecule has 18 aromatic carbocycles. The summed E-state index contributed by atoms with van der Waals surface area (Å²) < 4.78 is 43.5. The molecule has 666 valence electrons. The summed E-state index contributed by atoms with van der Waals surface area (Å²) in [6.07, 6.45) is 0. The number of aryl methyl sites for hydroxylation is 18. The maximum atomic E-state index is 5.86. The molecule has 9 aromatic heterocycles. The molecular weight excluding hydrogens is 1710 g/mol. The van der Waals surface area contributed by atoms with Crippen LogP contribution < -0.4 is 0 Å². The fourth-order valence-electron chi connectivity index (χ4n) is 18.8. The van der Waals surface area contributed by atoms with E-state index in [2.05, 4.69) is 392 Å². The molecule has 0 aliphatic rings. The van der Waals surface area contributed by atoms with Gasteiger partial charge in [0, 0.05) is 125 Å². The van der Waals surface area contributed by atoms with E-state index in [4.69, 9.17) is 26.5 Å². The fraction of sp³-hybridized carbons (Fsp3) is 0.143. The van der Waals surface area contributed by atoms with E-state index in [0.29, 0.717) is 0 Å². The molecule has 0 saturated carbocycles. The number of furan rings is 6. The van der Waals surface area contributed by atoms with Crippen molar-refractivity contribution in [2.75, 3.05) is 0 Å². The minimum atomic E-state index is 0.977. The molecule has 135 heavy (non-hydrogen) atoms. The Labute approximate surface area is 798 Å². The monoisotopic (exact) mass is 1810 g/mol. The van der Waals surface area contributed by atoms with Crippen molar-refractivity contribution in [1.29, 1.82) is 0 Å². The molecule has 0 fully saturated rings. The van der Waals surface area contributed by atoms with Crippen LogP contribution in [0.3, 0.4) is 0 Å². The lowest BCUT2D eigenvalue weighted by atomic mass is 10.0. The van der Waals surface area contributed by atoms with E-state index >= 15 is 0 Å². The Kier molecular flexibility index (Phi) is 25.1. The zero-order valence-electron chi connectivity index (χ0n) is 79.9. The highest BCUT2D eigenvalue weighted by molar-refractivity contribution is 7.27. The van der Waals surface area contributed by atoms with E-state index in [1.807, 2.05) is 94.7 Å². The molecule has 9 heteroatoms. The Morgan fingerprint density at radius 1 is 0.141 bits per heavy atom. The van der Waals surface area contributed by atoms with E-state index in [1.54, 1.807) is 0 Å². The summed E-state index contributed by atoms with van der Waals surface area (Å²) in [6, 6.07) is 115. The third-order valence-electron chi connectivity index (χ3n) is 25.8. The predicted molar refractivity (Wildman–Crippen MR) is 586 cm³/mol. The first-order valence-corrected chi connectivity index (χ1v) is 48.7. The molecule has 0 aliphatic heterocycles. The van der Waals surface area contributed by atoms with Gasteiger partial charge >= 0.3 is 0 Å². The van der Waals surface area contributed by atoms with Gasteiger partial charge in [-0.1, -0.05) is 254 Å². The number of hydrogen-bond donors (Lipinski definition) is 0. The van der Waals surface area contributed by atoms with Gasteiger partial charge in [0.25, 0.3) is 0 Å². The van der Waals surface area contributed by atoms with Gasteiger partial charge in [-0.05, 0) is 299 Å². The van der Waals surface area contributed by atoms with Crippen LogP contribution in [0.2, 0.25) is 0 Å². The molecule has 0 bridgehead atoms. The number of thiophene rings is 3. The Hall–Kier alpha value is -14.6. The van der Waals surface area contributed by atoms with Crippen molar-refractivity contribution in [1.82, 2.24) is 0 Å². The van der Waals surface area contributed by atoms with Gasteiger partial charge in [0.15, 0.2) is 0 Å². The van der Waals surface area contributed by atoms with Crippen molar-refractivity contribution >= 4 is 226 Å². The molecule has 0 spiro atoms. The van der Waals surface area contributed by atoms with E-state index in [0.717, 1.165) is 67.0 Å². The minimum Gasteiger partial charge on any atom is -0.456 e. The highest BCUT2D eigenvalue weighted by Gasteiger charge is 2.17. The number of fused-ring (bicyclic) bond motifs is 27. The summed E-state index contributed by atoms with van der Waals surface area (Å²) in [7, 11) is 0. The summed E-state index contributed by atoms with van der Waals surface area (Å²) in [4.78, 5) is 0. The first-order chi connectivity index (χ1) is 65.3. The quantitative estimate of drug-likeness (QED) is 0.151. The van der Waals surface area contributed by atoms with E-state index in [9.17, 15) is 0 Å². The second kappa shape index (κ2) is 37.8. The zero-order valence-corrected chi connectivity index (χ0v) is 82.3. The Morgan fingerprint density at radius 2 is 0.415 bits per heavy atom. The summed E-state index contributed by atoms with van der Waals surface area (Å²) >= 11 is 5.72. The van der Waals surface area contributed by atoms with Crippen molar-refractivity contribution in [3.05, 3.63) is 428 Å². The lowest BCUT2D eigenvalue weighted by molar-refractivity contribution is 0.665. The smallest absolute Gasteiger partial charge is 0.138 e. The van der Waals surface area contributed by atoms with Gasteiger partial charge in [0.05, 0.1) is 0 Å². The molecule has 0 unspecified atom stereocenters. The molecule has 6 nitrogen and oxygen atoms in total. The van der Waals surface area contributed by atoms with Crippen molar-refractivity contribution in [2.45, 2.75) is 125 Å². The third-order valence-corrected chi connectivity index (χ3v) is 29.9. The average molecular weight is 1810 g/mol. The van der Waals surface area contributed by atoms with Crippen LogP contribution in [0.15, 0.2) is 354 Å². The van der Waals surface area contributed by atoms with Gasteiger partial charge in [-0.25, -0.2) is 0 Å². The molecule has 27 aromatic rings. The molecule has 0 saturated heterocycles. The summed E-state index contributed by atoms with van der Waals surface area (Å²) in [5, 5.41) is 23.1. The second-order valence-electron chi connectivity index (χ2n) is 36.4. The molecule has 0 aliphatic carbocycles. The molecular formula is C126H108O6S3. The van der Waals surface area contributed by atoms with Crippen LogP contribution in [-0.2, 0) is 0 Å². The van der Waals surface area contributed by atoms with Gasteiger partial charge in [0.1, 0.15) is 67.0 Å². The van der Waals surface area contributed by atoms with Crippen LogP contribution in [0, 0.1) is 125 Å². The summed E-state index contributed by atoms with van der Waals surface area (Å²) in [6.45, 7) is 38.3. The van der Waals surface area contributed by atoms with Crippen LogP contribution in [0.4, 0.5) is 0 Å².